The molecule has 1 aliphatic carbocycles. The van der Waals surface area contributed by atoms with E-state index in [1.807, 2.05) is 35.9 Å². The Morgan fingerprint density at radius 1 is 1.27 bits per heavy atom. The fourth-order valence-electron chi connectivity index (χ4n) is 4.74. The van der Waals surface area contributed by atoms with Crippen LogP contribution in [0.3, 0.4) is 0 Å². The van der Waals surface area contributed by atoms with Gasteiger partial charge in [-0.3, -0.25) is 4.79 Å². The van der Waals surface area contributed by atoms with Gasteiger partial charge in [-0.25, -0.2) is 0 Å². The van der Waals surface area contributed by atoms with Crippen LogP contribution in [0, 0.1) is 5.41 Å². The predicted octanol–water partition coefficient (Wildman–Crippen LogP) is 2.55. The minimum Gasteiger partial charge on any atom is -0.497 e. The molecule has 1 aromatic carbocycles. The second-order valence-corrected chi connectivity index (χ2v) is 7.72. The van der Waals surface area contributed by atoms with E-state index in [4.69, 9.17) is 4.74 Å². The summed E-state index contributed by atoms with van der Waals surface area (Å²) in [4.78, 5) is 15.0. The highest BCUT2D eigenvalue weighted by Gasteiger charge is 2.51. The van der Waals surface area contributed by atoms with Gasteiger partial charge in [0.15, 0.2) is 0 Å². The highest BCUT2D eigenvalue weighted by Crippen LogP contribution is 2.52. The van der Waals surface area contributed by atoms with E-state index < -0.39 is 0 Å². The zero-order valence-corrected chi connectivity index (χ0v) is 15.5. The smallest absolute Gasteiger partial charge is 0.227 e. The van der Waals surface area contributed by atoms with Gasteiger partial charge in [-0.15, -0.1) is 10.2 Å². The van der Waals surface area contributed by atoms with Crippen molar-refractivity contribution in [3.05, 3.63) is 42.0 Å². The van der Waals surface area contributed by atoms with Crippen LogP contribution in [0.5, 0.6) is 5.75 Å². The van der Waals surface area contributed by atoms with Crippen LogP contribution in [0.2, 0.25) is 0 Å². The van der Waals surface area contributed by atoms with E-state index in [2.05, 4.69) is 15.1 Å². The topological polar surface area (TPSA) is 60.2 Å². The number of likely N-dealkylation sites (tertiary alicyclic amines) is 1. The normalized spacial score (nSPS) is 21.5. The third-order valence-corrected chi connectivity index (χ3v) is 6.17. The summed E-state index contributed by atoms with van der Waals surface area (Å²) in [7, 11) is 3.65. The van der Waals surface area contributed by atoms with Crippen LogP contribution in [0.15, 0.2) is 30.6 Å². The number of carbonyl (C=O) groups excluding carboxylic acids is 1. The molecule has 4 rings (SSSR count). The molecule has 2 fully saturated rings. The number of nitrogens with zero attached hydrogens (tertiary/aromatic N) is 4. The number of amides is 1. The molecule has 0 radical (unpaired) electrons. The predicted molar refractivity (Wildman–Crippen MR) is 97.9 cm³/mol. The van der Waals surface area contributed by atoms with E-state index in [9.17, 15) is 4.79 Å². The zero-order valence-electron chi connectivity index (χ0n) is 15.5. The Balaban J connectivity index is 1.52. The second kappa shape index (κ2) is 6.74. The summed E-state index contributed by atoms with van der Waals surface area (Å²) in [5.41, 5.74) is 1.20. The molecule has 2 aromatic rings. The average Bonchev–Trinajstić information content (AvgIpc) is 3.37. The van der Waals surface area contributed by atoms with E-state index in [1.165, 1.54) is 25.7 Å². The van der Waals surface area contributed by atoms with E-state index in [0.717, 1.165) is 30.2 Å². The summed E-state index contributed by atoms with van der Waals surface area (Å²) in [5, 5.41) is 8.45. The van der Waals surface area contributed by atoms with Crippen LogP contribution in [-0.2, 0) is 18.3 Å². The van der Waals surface area contributed by atoms with Crippen LogP contribution in [0.1, 0.15) is 43.0 Å². The molecule has 1 amide bonds. The van der Waals surface area contributed by atoms with Gasteiger partial charge in [0.2, 0.25) is 5.91 Å². The molecular weight excluding hydrogens is 328 g/mol. The van der Waals surface area contributed by atoms with Gasteiger partial charge < -0.3 is 14.2 Å². The summed E-state index contributed by atoms with van der Waals surface area (Å²) >= 11 is 0. The number of aryl methyl sites for hydroxylation is 1. The van der Waals surface area contributed by atoms with Crippen molar-refractivity contribution in [1.82, 2.24) is 19.7 Å². The molecule has 138 valence electrons. The van der Waals surface area contributed by atoms with Gasteiger partial charge in [0.1, 0.15) is 17.9 Å². The average molecular weight is 354 g/mol. The van der Waals surface area contributed by atoms with Gasteiger partial charge in [0, 0.05) is 26.1 Å². The van der Waals surface area contributed by atoms with Crippen molar-refractivity contribution in [2.24, 2.45) is 12.5 Å². The first-order valence-electron chi connectivity index (χ1n) is 9.36. The monoisotopic (exact) mass is 354 g/mol. The van der Waals surface area contributed by atoms with Crippen molar-refractivity contribution in [1.29, 1.82) is 0 Å². The summed E-state index contributed by atoms with van der Waals surface area (Å²) in [6, 6.07) is 7.76. The van der Waals surface area contributed by atoms with Crippen LogP contribution >= 0.6 is 0 Å². The van der Waals surface area contributed by atoms with Gasteiger partial charge in [-0.1, -0.05) is 25.0 Å². The Kier molecular flexibility index (Phi) is 4.42. The summed E-state index contributed by atoms with van der Waals surface area (Å²) in [6.07, 6.45) is 7.04. The number of hydrogen-bond donors (Lipinski definition) is 0. The molecule has 0 bridgehead atoms. The number of ether oxygens (including phenoxy) is 1. The van der Waals surface area contributed by atoms with Crippen LogP contribution in [0.4, 0.5) is 0 Å². The molecule has 2 heterocycles. The lowest BCUT2D eigenvalue weighted by atomic mass is 9.76. The number of aromatic nitrogens is 3. The van der Waals surface area contributed by atoms with Crippen molar-refractivity contribution in [2.75, 3.05) is 20.2 Å². The molecule has 1 aliphatic heterocycles. The molecule has 0 N–H and O–H groups in total. The zero-order chi connectivity index (χ0) is 18.1. The molecule has 1 aromatic heterocycles. The Labute approximate surface area is 154 Å². The lowest BCUT2D eigenvalue weighted by Gasteiger charge is -2.28. The Morgan fingerprint density at radius 2 is 2.00 bits per heavy atom. The maximum Gasteiger partial charge on any atom is 0.227 e. The Bertz CT molecular complexity index is 777. The van der Waals surface area contributed by atoms with Crippen molar-refractivity contribution < 1.29 is 9.53 Å². The van der Waals surface area contributed by atoms with Gasteiger partial charge >= 0.3 is 0 Å². The van der Waals surface area contributed by atoms with Gasteiger partial charge in [0.05, 0.1) is 13.5 Å². The molecule has 1 unspecified atom stereocenters. The quantitative estimate of drug-likeness (QED) is 0.847. The van der Waals surface area contributed by atoms with Crippen LogP contribution in [0.25, 0.3) is 0 Å². The second-order valence-electron chi connectivity index (χ2n) is 7.72. The lowest BCUT2D eigenvalue weighted by molar-refractivity contribution is -0.129. The minimum absolute atomic E-state index is 0.177. The molecule has 2 aliphatic rings. The molecule has 1 saturated heterocycles. The maximum absolute atomic E-state index is 13.0. The van der Waals surface area contributed by atoms with E-state index in [1.54, 1.807) is 13.4 Å². The largest absolute Gasteiger partial charge is 0.497 e. The number of rotatable bonds is 4. The molecule has 1 atom stereocenters. The fourth-order valence-corrected chi connectivity index (χ4v) is 4.74. The fraction of sp³-hybridized carbons (Fsp3) is 0.550. The van der Waals surface area contributed by atoms with Gasteiger partial charge in [-0.05, 0) is 36.0 Å². The van der Waals surface area contributed by atoms with E-state index >= 15 is 0 Å². The first-order valence-corrected chi connectivity index (χ1v) is 9.36. The number of carbonyl (C=O) groups is 1. The van der Waals surface area contributed by atoms with Crippen LogP contribution in [-0.4, -0.2) is 45.8 Å². The minimum atomic E-state index is 0.177. The van der Waals surface area contributed by atoms with Crippen molar-refractivity contribution >= 4 is 5.91 Å². The molecule has 6 heteroatoms. The van der Waals surface area contributed by atoms with Crippen LogP contribution < -0.4 is 4.74 Å². The number of hydrogen-bond acceptors (Lipinski definition) is 4. The Morgan fingerprint density at radius 3 is 2.62 bits per heavy atom. The highest BCUT2D eigenvalue weighted by molar-refractivity contribution is 5.79. The van der Waals surface area contributed by atoms with Gasteiger partial charge in [0.25, 0.3) is 0 Å². The standard InChI is InChI=1S/C20H26N4O2/c1-23-14-21-22-19(23)17-12-24(13-20(17)9-3-4-10-20)18(25)11-15-5-7-16(26-2)8-6-15/h5-8,14,17H,3-4,9-13H2,1-2H3. The molecule has 1 spiro atoms. The molecule has 6 nitrogen and oxygen atoms in total. The van der Waals surface area contributed by atoms with Gasteiger partial charge in [-0.2, -0.15) is 0 Å². The summed E-state index contributed by atoms with van der Waals surface area (Å²) < 4.78 is 7.21. The summed E-state index contributed by atoms with van der Waals surface area (Å²) in [5.74, 6) is 2.32. The van der Waals surface area contributed by atoms with Crippen molar-refractivity contribution in [3.63, 3.8) is 0 Å². The third-order valence-electron chi connectivity index (χ3n) is 6.17. The third kappa shape index (κ3) is 2.97. The van der Waals surface area contributed by atoms with Crippen molar-refractivity contribution in [2.45, 2.75) is 38.0 Å². The first-order chi connectivity index (χ1) is 12.6. The maximum atomic E-state index is 13.0. The molecule has 1 saturated carbocycles. The molecule has 26 heavy (non-hydrogen) atoms. The first kappa shape index (κ1) is 17.1. The SMILES string of the molecule is COc1ccc(CC(=O)N2CC(c3nncn3C)C3(CCCC3)C2)cc1. The number of methoxy groups -OCH3 is 1. The van der Waals surface area contributed by atoms with Crippen molar-refractivity contribution in [3.8, 4) is 5.75 Å². The van der Waals surface area contributed by atoms with E-state index in [-0.39, 0.29) is 17.2 Å². The molecular formula is C20H26N4O2. The summed E-state index contributed by atoms with van der Waals surface area (Å²) in [6.45, 7) is 1.60. The van der Waals surface area contributed by atoms with E-state index in [0.29, 0.717) is 6.42 Å². The lowest BCUT2D eigenvalue weighted by Crippen LogP contribution is -2.32. The Hall–Kier alpha value is -2.37. The number of benzene rings is 1. The highest BCUT2D eigenvalue weighted by atomic mass is 16.5.